The van der Waals surface area contributed by atoms with Gasteiger partial charge in [-0.05, 0) is 31.9 Å². The molecule has 2 aliphatic rings. The minimum atomic E-state index is 0. The summed E-state index contributed by atoms with van der Waals surface area (Å²) in [7, 11) is 1.71. The zero-order valence-corrected chi connectivity index (χ0v) is 20.9. The number of hydrogen-bond acceptors (Lipinski definition) is 5. The number of methoxy groups -OCH3 is 1. The minimum absolute atomic E-state index is 0. The molecular formula is C22H34IN7O. The van der Waals surface area contributed by atoms with E-state index in [1.165, 1.54) is 24.9 Å². The molecule has 1 fully saturated rings. The van der Waals surface area contributed by atoms with Gasteiger partial charge in [0.05, 0.1) is 7.11 Å². The molecule has 0 bridgehead atoms. The van der Waals surface area contributed by atoms with Gasteiger partial charge >= 0.3 is 0 Å². The van der Waals surface area contributed by atoms with Crippen molar-refractivity contribution in [3.05, 3.63) is 35.9 Å². The van der Waals surface area contributed by atoms with Crippen LogP contribution in [0.3, 0.4) is 0 Å². The van der Waals surface area contributed by atoms with Crippen LogP contribution in [0.2, 0.25) is 0 Å². The van der Waals surface area contributed by atoms with Gasteiger partial charge < -0.3 is 24.4 Å². The van der Waals surface area contributed by atoms with E-state index in [2.05, 4.69) is 48.9 Å². The van der Waals surface area contributed by atoms with E-state index in [9.17, 15) is 0 Å². The van der Waals surface area contributed by atoms with Crippen molar-refractivity contribution in [1.29, 1.82) is 0 Å². The van der Waals surface area contributed by atoms with E-state index in [0.717, 1.165) is 69.0 Å². The van der Waals surface area contributed by atoms with Crippen molar-refractivity contribution < 1.29 is 4.74 Å². The first-order valence-corrected chi connectivity index (χ1v) is 11.1. The van der Waals surface area contributed by atoms with Gasteiger partial charge in [-0.25, -0.2) is 4.99 Å². The number of rotatable bonds is 5. The molecule has 0 aliphatic carbocycles. The predicted octanol–water partition coefficient (Wildman–Crippen LogP) is 2.92. The van der Waals surface area contributed by atoms with Crippen LogP contribution in [0.1, 0.15) is 37.8 Å². The zero-order valence-electron chi connectivity index (χ0n) is 18.6. The average Bonchev–Trinajstić information content (AvgIpc) is 3.02. The quantitative estimate of drug-likeness (QED) is 0.358. The highest BCUT2D eigenvalue weighted by molar-refractivity contribution is 14.0. The summed E-state index contributed by atoms with van der Waals surface area (Å²) in [5.41, 5.74) is 1.21. The maximum Gasteiger partial charge on any atom is 0.194 e. The van der Waals surface area contributed by atoms with Crippen molar-refractivity contribution in [2.75, 3.05) is 44.7 Å². The van der Waals surface area contributed by atoms with Crippen molar-refractivity contribution in [3.8, 4) is 5.75 Å². The molecule has 0 atom stereocenters. The first-order chi connectivity index (χ1) is 14.8. The molecule has 1 aromatic heterocycles. The third-order valence-electron chi connectivity index (χ3n) is 5.89. The summed E-state index contributed by atoms with van der Waals surface area (Å²) >= 11 is 0. The van der Waals surface area contributed by atoms with Crippen LogP contribution in [0, 0.1) is 0 Å². The fourth-order valence-corrected chi connectivity index (χ4v) is 4.22. The fraction of sp³-hybridized carbons (Fsp3) is 0.591. The SMILES string of the molecule is CCNC(=NCc1nnc2n1CCCCC2)N1CCN(c2cccc(OC)c2)CC1.I. The van der Waals surface area contributed by atoms with Gasteiger partial charge in [-0.2, -0.15) is 0 Å². The molecule has 1 N–H and O–H groups in total. The summed E-state index contributed by atoms with van der Waals surface area (Å²) < 4.78 is 7.65. The Morgan fingerprint density at radius 2 is 1.94 bits per heavy atom. The Kier molecular flexibility index (Phi) is 8.79. The van der Waals surface area contributed by atoms with E-state index < -0.39 is 0 Å². The number of benzene rings is 1. The lowest BCUT2D eigenvalue weighted by molar-refractivity contribution is 0.371. The highest BCUT2D eigenvalue weighted by atomic mass is 127. The molecule has 0 saturated carbocycles. The van der Waals surface area contributed by atoms with E-state index in [0.29, 0.717) is 6.54 Å². The molecule has 2 aliphatic heterocycles. The Hall–Kier alpha value is -2.04. The van der Waals surface area contributed by atoms with Gasteiger partial charge in [0.15, 0.2) is 11.8 Å². The minimum Gasteiger partial charge on any atom is -0.497 e. The van der Waals surface area contributed by atoms with Gasteiger partial charge in [0.25, 0.3) is 0 Å². The predicted molar refractivity (Wildman–Crippen MR) is 135 cm³/mol. The summed E-state index contributed by atoms with van der Waals surface area (Å²) in [4.78, 5) is 9.66. The second kappa shape index (κ2) is 11.5. The Morgan fingerprint density at radius 1 is 1.10 bits per heavy atom. The first kappa shape index (κ1) is 23.6. The zero-order chi connectivity index (χ0) is 20.8. The number of nitrogens with one attached hydrogen (secondary N) is 1. The highest BCUT2D eigenvalue weighted by Gasteiger charge is 2.21. The molecule has 1 aromatic carbocycles. The molecule has 31 heavy (non-hydrogen) atoms. The van der Waals surface area contributed by atoms with Crippen molar-refractivity contribution in [2.45, 2.75) is 45.7 Å². The van der Waals surface area contributed by atoms with E-state index in [-0.39, 0.29) is 24.0 Å². The molecule has 8 nitrogen and oxygen atoms in total. The molecular weight excluding hydrogens is 505 g/mol. The van der Waals surface area contributed by atoms with Crippen LogP contribution in [-0.4, -0.2) is 65.5 Å². The summed E-state index contributed by atoms with van der Waals surface area (Å²) in [5.74, 6) is 3.97. The summed E-state index contributed by atoms with van der Waals surface area (Å²) in [6.07, 6.45) is 4.71. The lowest BCUT2D eigenvalue weighted by Crippen LogP contribution is -2.52. The Balaban J connectivity index is 0.00000272. The third-order valence-corrected chi connectivity index (χ3v) is 5.89. The number of fused-ring (bicyclic) bond motifs is 1. The number of ether oxygens (including phenoxy) is 1. The van der Waals surface area contributed by atoms with E-state index in [4.69, 9.17) is 9.73 Å². The molecule has 3 heterocycles. The second-order valence-electron chi connectivity index (χ2n) is 7.84. The number of aryl methyl sites for hydroxylation is 1. The molecule has 0 radical (unpaired) electrons. The van der Waals surface area contributed by atoms with Gasteiger partial charge in [0, 0.05) is 57.4 Å². The number of aliphatic imine (C=N–C) groups is 1. The molecule has 2 aromatic rings. The van der Waals surface area contributed by atoms with Crippen LogP contribution >= 0.6 is 24.0 Å². The van der Waals surface area contributed by atoms with E-state index in [1.54, 1.807) is 7.11 Å². The largest absolute Gasteiger partial charge is 0.497 e. The maximum absolute atomic E-state index is 5.37. The number of halogens is 1. The number of guanidine groups is 1. The van der Waals surface area contributed by atoms with Crippen LogP contribution in [0.4, 0.5) is 5.69 Å². The Morgan fingerprint density at radius 3 is 2.71 bits per heavy atom. The van der Waals surface area contributed by atoms with Gasteiger partial charge in [-0.1, -0.05) is 12.5 Å². The van der Waals surface area contributed by atoms with Crippen molar-refractivity contribution in [2.24, 2.45) is 4.99 Å². The molecule has 170 valence electrons. The number of nitrogens with zero attached hydrogens (tertiary/aromatic N) is 6. The topological polar surface area (TPSA) is 70.8 Å². The fourth-order valence-electron chi connectivity index (χ4n) is 4.22. The van der Waals surface area contributed by atoms with Crippen LogP contribution in [0.15, 0.2) is 29.3 Å². The third kappa shape index (κ3) is 5.81. The summed E-state index contributed by atoms with van der Waals surface area (Å²) in [6, 6.07) is 8.29. The van der Waals surface area contributed by atoms with Crippen molar-refractivity contribution in [1.82, 2.24) is 25.0 Å². The summed E-state index contributed by atoms with van der Waals surface area (Å²) in [6.45, 7) is 8.34. The molecule has 4 rings (SSSR count). The molecule has 0 amide bonds. The van der Waals surface area contributed by atoms with Crippen LogP contribution < -0.4 is 15.0 Å². The summed E-state index contributed by atoms with van der Waals surface area (Å²) in [5, 5.41) is 12.3. The van der Waals surface area contributed by atoms with Crippen LogP contribution in [0.5, 0.6) is 5.75 Å². The average molecular weight is 539 g/mol. The van der Waals surface area contributed by atoms with Crippen LogP contribution in [0.25, 0.3) is 0 Å². The van der Waals surface area contributed by atoms with Crippen molar-refractivity contribution in [3.63, 3.8) is 0 Å². The van der Waals surface area contributed by atoms with E-state index >= 15 is 0 Å². The highest BCUT2D eigenvalue weighted by Crippen LogP contribution is 2.22. The van der Waals surface area contributed by atoms with Gasteiger partial charge in [0.1, 0.15) is 18.1 Å². The second-order valence-corrected chi connectivity index (χ2v) is 7.84. The Bertz CT molecular complexity index is 861. The number of aromatic nitrogens is 3. The molecule has 1 saturated heterocycles. The molecule has 0 spiro atoms. The van der Waals surface area contributed by atoms with Gasteiger partial charge in [-0.3, -0.25) is 0 Å². The molecule has 0 unspecified atom stereocenters. The van der Waals surface area contributed by atoms with Crippen molar-refractivity contribution >= 4 is 35.6 Å². The van der Waals surface area contributed by atoms with Gasteiger partial charge in [-0.15, -0.1) is 34.2 Å². The lowest BCUT2D eigenvalue weighted by Gasteiger charge is -2.37. The molecule has 9 heteroatoms. The standard InChI is InChI=1S/C22H33N7O.HI/c1-3-23-22(24-17-21-26-25-20-10-5-4-6-11-29(20)21)28-14-12-27(13-15-28)18-8-7-9-19(16-18)30-2;/h7-9,16H,3-6,10-15,17H2,1-2H3,(H,23,24);1H. The lowest BCUT2D eigenvalue weighted by atomic mass is 10.2. The van der Waals surface area contributed by atoms with Crippen LogP contribution in [-0.2, 0) is 19.5 Å². The Labute approximate surface area is 202 Å². The van der Waals surface area contributed by atoms with E-state index in [1.807, 2.05) is 12.1 Å². The monoisotopic (exact) mass is 539 g/mol. The van der Waals surface area contributed by atoms with Gasteiger partial charge in [0.2, 0.25) is 0 Å². The number of piperazine rings is 1. The smallest absolute Gasteiger partial charge is 0.194 e. The number of hydrogen-bond donors (Lipinski definition) is 1. The number of anilines is 1. The normalized spacial score (nSPS) is 16.9. The first-order valence-electron chi connectivity index (χ1n) is 11.1. The maximum atomic E-state index is 5.37.